The van der Waals surface area contributed by atoms with Gasteiger partial charge in [-0.1, -0.05) is 6.07 Å². The fraction of sp³-hybridized carbons (Fsp3) is 0.227. The Hall–Kier alpha value is -2.88. The molecule has 1 N–H and O–H groups in total. The molecular weight excluding hydrogens is 499 g/mol. The largest absolute Gasteiger partial charge is 0.492 e. The van der Waals surface area contributed by atoms with E-state index in [1.807, 2.05) is 26.8 Å². The van der Waals surface area contributed by atoms with Gasteiger partial charge >= 0.3 is 6.03 Å². The summed E-state index contributed by atoms with van der Waals surface area (Å²) in [5, 5.41) is 2.24. The topological polar surface area (TPSA) is 84.9 Å². The van der Waals surface area contributed by atoms with E-state index in [0.29, 0.717) is 29.4 Å². The van der Waals surface area contributed by atoms with Crippen molar-refractivity contribution in [2.45, 2.75) is 20.8 Å². The van der Waals surface area contributed by atoms with Crippen molar-refractivity contribution in [3.05, 3.63) is 56.2 Å². The number of hydrogen-bond acceptors (Lipinski definition) is 5. The van der Waals surface area contributed by atoms with Gasteiger partial charge in [0, 0.05) is 0 Å². The normalized spacial score (nSPS) is 15.4. The number of barbiturate groups is 1. The summed E-state index contributed by atoms with van der Waals surface area (Å²) in [6.45, 7) is 6.11. The molecule has 156 valence electrons. The predicted molar refractivity (Wildman–Crippen MR) is 122 cm³/mol. The van der Waals surface area contributed by atoms with Gasteiger partial charge in [-0.15, -0.1) is 0 Å². The minimum Gasteiger partial charge on any atom is -0.492 e. The number of carbonyl (C=O) groups excluding carboxylic acids is 3. The number of hydrogen-bond donors (Lipinski definition) is 1. The van der Waals surface area contributed by atoms with Crippen LogP contribution in [-0.2, 0) is 9.59 Å². The molecule has 4 amide bonds. The highest BCUT2D eigenvalue weighted by Gasteiger charge is 2.37. The highest BCUT2D eigenvalue weighted by molar-refractivity contribution is 14.1. The molecule has 1 aliphatic rings. The van der Waals surface area contributed by atoms with Crippen LogP contribution in [0, 0.1) is 17.4 Å². The molecule has 1 saturated heterocycles. The molecule has 0 unspecified atom stereocenters. The first-order valence-corrected chi connectivity index (χ1v) is 10.3. The minimum atomic E-state index is -0.773. The summed E-state index contributed by atoms with van der Waals surface area (Å²) >= 11 is 2.10. The fourth-order valence-corrected chi connectivity index (χ4v) is 3.90. The smallest absolute Gasteiger partial charge is 0.335 e. The predicted octanol–water partition coefficient (Wildman–Crippen LogP) is 3.98. The zero-order valence-corrected chi connectivity index (χ0v) is 19.2. The number of amides is 4. The van der Waals surface area contributed by atoms with Crippen LogP contribution in [0.25, 0.3) is 6.08 Å². The summed E-state index contributed by atoms with van der Waals surface area (Å²) in [4.78, 5) is 38.9. The molecule has 2 aromatic rings. The van der Waals surface area contributed by atoms with Crippen LogP contribution in [0.1, 0.15) is 23.6 Å². The highest BCUT2D eigenvalue weighted by Crippen LogP contribution is 2.35. The second kappa shape index (κ2) is 8.86. The van der Waals surface area contributed by atoms with Crippen LogP contribution in [0.3, 0.4) is 0 Å². The Balaban J connectivity index is 2.05. The lowest BCUT2D eigenvalue weighted by molar-refractivity contribution is -0.122. The highest BCUT2D eigenvalue weighted by atomic mass is 127. The molecule has 0 bridgehead atoms. The van der Waals surface area contributed by atoms with E-state index in [2.05, 4.69) is 27.9 Å². The van der Waals surface area contributed by atoms with Crippen molar-refractivity contribution in [1.82, 2.24) is 5.32 Å². The molecule has 3 rings (SSSR count). The standard InChI is InChI=1S/C22H21IN2O5/c1-5-30-18-11-14(10-17(23)19(18)29-4)9-16-20(26)24-22(28)25(21(16)27)15-7-6-12(2)13(3)8-15/h6-11H,5H2,1-4H3,(H,24,26,28)/b16-9+. The summed E-state index contributed by atoms with van der Waals surface area (Å²) in [7, 11) is 1.54. The lowest BCUT2D eigenvalue weighted by Gasteiger charge is -2.27. The number of nitrogens with zero attached hydrogens (tertiary/aromatic N) is 1. The van der Waals surface area contributed by atoms with E-state index in [-0.39, 0.29) is 5.57 Å². The number of nitrogens with one attached hydrogen (secondary N) is 1. The molecule has 0 aromatic heterocycles. The van der Waals surface area contributed by atoms with Crippen molar-refractivity contribution < 1.29 is 23.9 Å². The van der Waals surface area contributed by atoms with Gasteiger partial charge in [-0.2, -0.15) is 0 Å². The van der Waals surface area contributed by atoms with Crippen LogP contribution >= 0.6 is 22.6 Å². The Morgan fingerprint density at radius 1 is 1.10 bits per heavy atom. The van der Waals surface area contributed by atoms with E-state index < -0.39 is 17.8 Å². The number of rotatable bonds is 5. The zero-order valence-electron chi connectivity index (χ0n) is 17.0. The third-order valence-electron chi connectivity index (χ3n) is 4.70. The maximum Gasteiger partial charge on any atom is 0.335 e. The third kappa shape index (κ3) is 4.18. The van der Waals surface area contributed by atoms with Gasteiger partial charge in [-0.05, 0) is 90.4 Å². The maximum atomic E-state index is 13.1. The van der Waals surface area contributed by atoms with E-state index in [9.17, 15) is 14.4 Å². The van der Waals surface area contributed by atoms with Gasteiger partial charge in [-0.3, -0.25) is 14.9 Å². The molecule has 30 heavy (non-hydrogen) atoms. The second-order valence-electron chi connectivity index (χ2n) is 6.69. The van der Waals surface area contributed by atoms with E-state index in [1.54, 1.807) is 31.4 Å². The number of halogens is 1. The van der Waals surface area contributed by atoms with Gasteiger partial charge in [0.1, 0.15) is 5.57 Å². The average molecular weight is 520 g/mol. The fourth-order valence-electron chi connectivity index (χ4n) is 3.06. The molecule has 0 atom stereocenters. The second-order valence-corrected chi connectivity index (χ2v) is 7.86. The van der Waals surface area contributed by atoms with Crippen molar-refractivity contribution in [2.75, 3.05) is 18.6 Å². The summed E-state index contributed by atoms with van der Waals surface area (Å²) in [5.41, 5.74) is 2.81. The molecule has 1 fully saturated rings. The number of carbonyl (C=O) groups is 3. The van der Waals surface area contributed by atoms with E-state index in [4.69, 9.17) is 9.47 Å². The number of ether oxygens (including phenoxy) is 2. The summed E-state index contributed by atoms with van der Waals surface area (Å²) in [6.07, 6.45) is 1.45. The third-order valence-corrected chi connectivity index (χ3v) is 5.50. The van der Waals surface area contributed by atoms with Gasteiger partial charge in [0.05, 0.1) is 23.0 Å². The SMILES string of the molecule is CCOc1cc(/C=C2\C(=O)NC(=O)N(c3ccc(C)c(C)c3)C2=O)cc(I)c1OC. The quantitative estimate of drug-likeness (QED) is 0.367. The van der Waals surface area contributed by atoms with Crippen molar-refractivity contribution >= 4 is 52.2 Å². The summed E-state index contributed by atoms with van der Waals surface area (Å²) in [5.74, 6) is -0.347. The number of anilines is 1. The van der Waals surface area contributed by atoms with Crippen LogP contribution < -0.4 is 19.7 Å². The number of aryl methyl sites for hydroxylation is 2. The van der Waals surface area contributed by atoms with Gasteiger partial charge in [-0.25, -0.2) is 9.69 Å². The van der Waals surface area contributed by atoms with Crippen molar-refractivity contribution in [1.29, 1.82) is 0 Å². The summed E-state index contributed by atoms with van der Waals surface area (Å²) in [6, 6.07) is 7.93. The number of imide groups is 2. The Morgan fingerprint density at radius 3 is 2.47 bits per heavy atom. The van der Waals surface area contributed by atoms with Crippen molar-refractivity contribution in [3.63, 3.8) is 0 Å². The van der Waals surface area contributed by atoms with E-state index in [1.165, 1.54) is 6.08 Å². The Morgan fingerprint density at radius 2 is 1.83 bits per heavy atom. The molecule has 7 nitrogen and oxygen atoms in total. The molecular formula is C22H21IN2O5. The monoisotopic (exact) mass is 520 g/mol. The summed E-state index contributed by atoms with van der Waals surface area (Å²) < 4.78 is 11.8. The average Bonchev–Trinajstić information content (AvgIpc) is 2.68. The molecule has 0 aliphatic carbocycles. The molecule has 1 aliphatic heterocycles. The minimum absolute atomic E-state index is 0.142. The molecule has 0 radical (unpaired) electrons. The first-order chi connectivity index (χ1) is 14.3. The van der Waals surface area contributed by atoms with Crippen molar-refractivity contribution in [2.24, 2.45) is 0 Å². The number of methoxy groups -OCH3 is 1. The first-order valence-electron chi connectivity index (χ1n) is 9.25. The lowest BCUT2D eigenvalue weighted by Crippen LogP contribution is -2.54. The first kappa shape index (κ1) is 21.8. The number of benzene rings is 2. The van der Waals surface area contributed by atoms with Crippen LogP contribution in [0.2, 0.25) is 0 Å². The molecule has 8 heteroatoms. The number of urea groups is 1. The Bertz CT molecular complexity index is 1080. The van der Waals surface area contributed by atoms with Gasteiger partial charge in [0.25, 0.3) is 11.8 Å². The molecule has 1 heterocycles. The molecule has 0 spiro atoms. The van der Waals surface area contributed by atoms with E-state index in [0.717, 1.165) is 19.6 Å². The maximum absolute atomic E-state index is 13.1. The van der Waals surface area contributed by atoms with E-state index >= 15 is 0 Å². The van der Waals surface area contributed by atoms with Crippen LogP contribution in [0.5, 0.6) is 11.5 Å². The van der Waals surface area contributed by atoms with Gasteiger partial charge < -0.3 is 9.47 Å². The zero-order chi connectivity index (χ0) is 22.0. The lowest BCUT2D eigenvalue weighted by atomic mass is 10.0. The van der Waals surface area contributed by atoms with Crippen LogP contribution in [0.15, 0.2) is 35.9 Å². The molecule has 0 saturated carbocycles. The Kier molecular flexibility index (Phi) is 6.45. The molecule has 2 aromatic carbocycles. The van der Waals surface area contributed by atoms with Crippen LogP contribution in [-0.4, -0.2) is 31.6 Å². The van der Waals surface area contributed by atoms with Crippen molar-refractivity contribution in [3.8, 4) is 11.5 Å². The Labute approximate surface area is 188 Å². The van der Waals surface area contributed by atoms with Gasteiger partial charge in [0.15, 0.2) is 11.5 Å². The van der Waals surface area contributed by atoms with Gasteiger partial charge in [0.2, 0.25) is 0 Å². The van der Waals surface area contributed by atoms with Crippen LogP contribution in [0.4, 0.5) is 10.5 Å².